The number of rotatable bonds is 5. The van der Waals surface area contributed by atoms with Crippen LogP contribution in [0.15, 0.2) is 4.52 Å². The standard InChI is InChI=1S/C14H25N3O/c1-2-3-10-12(15)14-16-13(17-18-14)11-8-6-4-5-7-9-11/h11-12H,2-10,15H2,1H3. The van der Waals surface area contributed by atoms with E-state index in [0.717, 1.165) is 25.1 Å². The molecule has 1 aliphatic rings. The van der Waals surface area contributed by atoms with Crippen LogP contribution in [-0.2, 0) is 0 Å². The van der Waals surface area contributed by atoms with Gasteiger partial charge in [0.25, 0.3) is 0 Å². The minimum atomic E-state index is -0.0861. The van der Waals surface area contributed by atoms with E-state index in [1.54, 1.807) is 0 Å². The monoisotopic (exact) mass is 251 g/mol. The van der Waals surface area contributed by atoms with Gasteiger partial charge in [-0.3, -0.25) is 0 Å². The highest BCUT2D eigenvalue weighted by Crippen LogP contribution is 2.30. The summed E-state index contributed by atoms with van der Waals surface area (Å²) in [5.41, 5.74) is 6.06. The summed E-state index contributed by atoms with van der Waals surface area (Å²) in [5.74, 6) is 2.00. The number of hydrogen-bond donors (Lipinski definition) is 1. The minimum absolute atomic E-state index is 0.0861. The zero-order chi connectivity index (χ0) is 12.8. The molecule has 0 radical (unpaired) electrons. The van der Waals surface area contributed by atoms with E-state index >= 15 is 0 Å². The van der Waals surface area contributed by atoms with Gasteiger partial charge >= 0.3 is 0 Å². The van der Waals surface area contributed by atoms with Gasteiger partial charge in [-0.1, -0.05) is 50.6 Å². The minimum Gasteiger partial charge on any atom is -0.338 e. The Morgan fingerprint density at radius 1 is 1.28 bits per heavy atom. The normalized spacial score (nSPS) is 19.7. The molecule has 102 valence electrons. The van der Waals surface area contributed by atoms with Gasteiger partial charge in [-0.2, -0.15) is 4.98 Å². The molecular formula is C14H25N3O. The van der Waals surface area contributed by atoms with Gasteiger partial charge in [0.15, 0.2) is 5.82 Å². The van der Waals surface area contributed by atoms with E-state index in [1.165, 1.54) is 38.5 Å². The van der Waals surface area contributed by atoms with Crippen LogP contribution in [0.5, 0.6) is 0 Å². The van der Waals surface area contributed by atoms with E-state index < -0.39 is 0 Å². The Morgan fingerprint density at radius 3 is 2.67 bits per heavy atom. The average Bonchev–Trinajstić information content (AvgIpc) is 2.72. The molecule has 1 fully saturated rings. The molecule has 2 rings (SSSR count). The SMILES string of the molecule is CCCCC(N)c1nc(C2CCCCCC2)no1. The van der Waals surface area contributed by atoms with E-state index in [-0.39, 0.29) is 6.04 Å². The lowest BCUT2D eigenvalue weighted by atomic mass is 10.00. The van der Waals surface area contributed by atoms with Crippen molar-refractivity contribution in [3.63, 3.8) is 0 Å². The van der Waals surface area contributed by atoms with Crippen LogP contribution in [0, 0.1) is 0 Å². The Labute approximate surface area is 109 Å². The Morgan fingerprint density at radius 2 is 2.00 bits per heavy atom. The number of unbranched alkanes of at least 4 members (excludes halogenated alkanes) is 1. The second-order valence-electron chi connectivity index (χ2n) is 5.43. The second kappa shape index (κ2) is 6.88. The van der Waals surface area contributed by atoms with Crippen LogP contribution >= 0.6 is 0 Å². The lowest BCUT2D eigenvalue weighted by molar-refractivity contribution is 0.339. The maximum atomic E-state index is 6.06. The van der Waals surface area contributed by atoms with E-state index in [4.69, 9.17) is 10.3 Å². The maximum absolute atomic E-state index is 6.06. The Balaban J connectivity index is 1.95. The molecule has 1 aliphatic carbocycles. The fraction of sp³-hybridized carbons (Fsp3) is 0.857. The van der Waals surface area contributed by atoms with Gasteiger partial charge in [0.05, 0.1) is 6.04 Å². The van der Waals surface area contributed by atoms with Gasteiger partial charge in [0.2, 0.25) is 5.89 Å². The third-order valence-electron chi connectivity index (χ3n) is 3.86. The molecular weight excluding hydrogens is 226 g/mol. The Kier molecular flexibility index (Phi) is 5.17. The third kappa shape index (κ3) is 3.55. The lowest BCUT2D eigenvalue weighted by Gasteiger charge is -2.08. The Bertz CT molecular complexity index is 343. The van der Waals surface area contributed by atoms with E-state index in [9.17, 15) is 0 Å². The average molecular weight is 251 g/mol. The molecule has 1 aromatic rings. The van der Waals surface area contributed by atoms with Crippen LogP contribution in [0.4, 0.5) is 0 Å². The summed E-state index contributed by atoms with van der Waals surface area (Å²) in [7, 11) is 0. The van der Waals surface area contributed by atoms with E-state index in [2.05, 4.69) is 17.1 Å². The van der Waals surface area contributed by atoms with Crippen LogP contribution in [0.1, 0.15) is 88.4 Å². The molecule has 18 heavy (non-hydrogen) atoms. The number of aromatic nitrogens is 2. The zero-order valence-corrected chi connectivity index (χ0v) is 11.4. The largest absolute Gasteiger partial charge is 0.338 e. The molecule has 4 heteroatoms. The number of nitrogens with two attached hydrogens (primary N) is 1. The Hall–Kier alpha value is -0.900. The van der Waals surface area contributed by atoms with E-state index in [1.807, 2.05) is 0 Å². The van der Waals surface area contributed by atoms with Crippen molar-refractivity contribution in [1.29, 1.82) is 0 Å². The van der Waals surface area contributed by atoms with Crippen molar-refractivity contribution in [3.8, 4) is 0 Å². The summed E-state index contributed by atoms with van der Waals surface area (Å²) in [5, 5.41) is 4.14. The van der Waals surface area contributed by atoms with Crippen molar-refractivity contribution < 1.29 is 4.52 Å². The highest BCUT2D eigenvalue weighted by molar-refractivity contribution is 4.98. The van der Waals surface area contributed by atoms with Crippen LogP contribution in [-0.4, -0.2) is 10.1 Å². The molecule has 1 saturated carbocycles. The van der Waals surface area contributed by atoms with Crippen LogP contribution in [0.3, 0.4) is 0 Å². The van der Waals surface area contributed by atoms with Crippen molar-refractivity contribution in [1.82, 2.24) is 10.1 Å². The number of hydrogen-bond acceptors (Lipinski definition) is 4. The molecule has 2 N–H and O–H groups in total. The molecule has 0 bridgehead atoms. The second-order valence-corrected chi connectivity index (χ2v) is 5.43. The maximum Gasteiger partial charge on any atom is 0.243 e. The van der Waals surface area contributed by atoms with Gasteiger partial charge in [0, 0.05) is 5.92 Å². The molecule has 0 spiro atoms. The van der Waals surface area contributed by atoms with E-state index in [0.29, 0.717) is 11.8 Å². The molecule has 0 aliphatic heterocycles. The van der Waals surface area contributed by atoms with Gasteiger partial charge in [-0.05, 0) is 19.3 Å². The van der Waals surface area contributed by atoms with Crippen LogP contribution in [0.25, 0.3) is 0 Å². The molecule has 0 saturated heterocycles. The summed E-state index contributed by atoms with van der Waals surface area (Å²) in [6.07, 6.45) is 10.9. The highest BCUT2D eigenvalue weighted by atomic mass is 16.5. The van der Waals surface area contributed by atoms with Crippen molar-refractivity contribution in [2.75, 3.05) is 0 Å². The van der Waals surface area contributed by atoms with Gasteiger partial charge in [-0.15, -0.1) is 0 Å². The summed E-state index contributed by atoms with van der Waals surface area (Å²) >= 11 is 0. The zero-order valence-electron chi connectivity index (χ0n) is 11.4. The molecule has 1 unspecified atom stereocenters. The quantitative estimate of drug-likeness (QED) is 0.810. The van der Waals surface area contributed by atoms with Crippen molar-refractivity contribution in [2.45, 2.75) is 76.7 Å². The molecule has 1 heterocycles. The van der Waals surface area contributed by atoms with Crippen molar-refractivity contribution >= 4 is 0 Å². The first-order valence-corrected chi connectivity index (χ1v) is 7.40. The fourth-order valence-corrected chi connectivity index (χ4v) is 2.65. The molecule has 0 amide bonds. The number of nitrogens with zero attached hydrogens (tertiary/aromatic N) is 2. The molecule has 1 atom stereocenters. The first kappa shape index (κ1) is 13.5. The first-order chi connectivity index (χ1) is 8.81. The summed E-state index contributed by atoms with van der Waals surface area (Å²) in [6, 6.07) is -0.0861. The summed E-state index contributed by atoms with van der Waals surface area (Å²) in [4.78, 5) is 4.53. The van der Waals surface area contributed by atoms with Crippen molar-refractivity contribution in [3.05, 3.63) is 11.7 Å². The lowest BCUT2D eigenvalue weighted by Crippen LogP contribution is -2.10. The first-order valence-electron chi connectivity index (χ1n) is 7.40. The molecule has 4 nitrogen and oxygen atoms in total. The summed E-state index contributed by atoms with van der Waals surface area (Å²) < 4.78 is 5.33. The van der Waals surface area contributed by atoms with Crippen molar-refractivity contribution in [2.24, 2.45) is 5.73 Å². The van der Waals surface area contributed by atoms with Gasteiger partial charge in [-0.25, -0.2) is 0 Å². The predicted molar refractivity (Wildman–Crippen MR) is 71.2 cm³/mol. The van der Waals surface area contributed by atoms with Gasteiger partial charge < -0.3 is 10.3 Å². The topological polar surface area (TPSA) is 64.9 Å². The smallest absolute Gasteiger partial charge is 0.243 e. The highest BCUT2D eigenvalue weighted by Gasteiger charge is 2.21. The fourth-order valence-electron chi connectivity index (χ4n) is 2.65. The van der Waals surface area contributed by atoms with Gasteiger partial charge in [0.1, 0.15) is 0 Å². The predicted octanol–water partition coefficient (Wildman–Crippen LogP) is 3.70. The summed E-state index contributed by atoms with van der Waals surface area (Å²) in [6.45, 7) is 2.16. The third-order valence-corrected chi connectivity index (χ3v) is 3.86. The molecule has 0 aromatic carbocycles. The molecule has 1 aromatic heterocycles. The van der Waals surface area contributed by atoms with Crippen LogP contribution in [0.2, 0.25) is 0 Å². The van der Waals surface area contributed by atoms with Crippen LogP contribution < -0.4 is 5.73 Å².